The summed E-state index contributed by atoms with van der Waals surface area (Å²) in [5.41, 5.74) is 1.52. The highest BCUT2D eigenvalue weighted by Gasteiger charge is 2.35. The first-order valence-electron chi connectivity index (χ1n) is 8.87. The molecular weight excluding hydrogens is 386 g/mol. The van der Waals surface area contributed by atoms with Crippen LogP contribution >= 0.6 is 11.6 Å². The number of rotatable bonds is 7. The summed E-state index contributed by atoms with van der Waals surface area (Å²) < 4.78 is 38.8. The highest BCUT2D eigenvalue weighted by atomic mass is 35.5. The summed E-state index contributed by atoms with van der Waals surface area (Å²) in [7, 11) is -1.84. The Morgan fingerprint density at radius 3 is 2.30 bits per heavy atom. The van der Waals surface area contributed by atoms with Gasteiger partial charge in [-0.1, -0.05) is 35.9 Å². The average Bonchev–Trinajstić information content (AvgIpc) is 2.69. The van der Waals surface area contributed by atoms with E-state index in [1.807, 2.05) is 24.3 Å². The predicted molar refractivity (Wildman–Crippen MR) is 107 cm³/mol. The van der Waals surface area contributed by atoms with Crippen molar-refractivity contribution in [3.05, 3.63) is 64.7 Å². The van der Waals surface area contributed by atoms with Gasteiger partial charge in [-0.3, -0.25) is 0 Å². The summed E-state index contributed by atoms with van der Waals surface area (Å²) in [5, 5.41) is 0.588. The predicted octanol–water partition coefficient (Wildman–Crippen LogP) is 3.52. The molecule has 0 spiro atoms. The van der Waals surface area contributed by atoms with E-state index in [-0.39, 0.29) is 11.2 Å². The van der Waals surface area contributed by atoms with Gasteiger partial charge in [0.1, 0.15) is 5.75 Å². The van der Waals surface area contributed by atoms with Crippen LogP contribution in [0.4, 0.5) is 0 Å². The van der Waals surface area contributed by atoms with Gasteiger partial charge in [0.05, 0.1) is 12.9 Å². The Bertz CT molecular complexity index is 845. The minimum absolute atomic E-state index is 0.0701. The normalized spacial score (nSPS) is 16.8. The third-order valence-corrected chi connectivity index (χ3v) is 6.60. The molecule has 2 aromatic carbocycles. The van der Waals surface area contributed by atoms with Gasteiger partial charge in [-0.15, -0.1) is 0 Å². The molecule has 0 saturated carbocycles. The smallest absolute Gasteiger partial charge is 0.215 e. The van der Waals surface area contributed by atoms with Crippen LogP contribution in [0, 0.1) is 0 Å². The van der Waals surface area contributed by atoms with E-state index in [0.717, 1.165) is 24.2 Å². The largest absolute Gasteiger partial charge is 0.497 e. The van der Waals surface area contributed by atoms with Gasteiger partial charge in [-0.05, 0) is 48.2 Å². The molecule has 0 unspecified atom stereocenters. The first-order chi connectivity index (χ1) is 12.9. The van der Waals surface area contributed by atoms with Gasteiger partial charge in [-0.25, -0.2) is 13.1 Å². The molecule has 2 aromatic rings. The zero-order valence-corrected chi connectivity index (χ0v) is 16.9. The molecule has 3 rings (SSSR count). The average molecular weight is 410 g/mol. The second kappa shape index (κ2) is 8.61. The van der Waals surface area contributed by atoms with Crippen LogP contribution in [0.25, 0.3) is 0 Å². The van der Waals surface area contributed by atoms with Crippen molar-refractivity contribution in [2.75, 3.05) is 26.9 Å². The zero-order valence-electron chi connectivity index (χ0n) is 15.3. The lowest BCUT2D eigenvalue weighted by Crippen LogP contribution is -2.44. The van der Waals surface area contributed by atoms with Crippen LogP contribution in [0.15, 0.2) is 48.5 Å². The minimum Gasteiger partial charge on any atom is -0.497 e. The second-order valence-electron chi connectivity index (χ2n) is 6.83. The molecule has 1 aliphatic rings. The third-order valence-electron chi connectivity index (χ3n) is 5.05. The van der Waals surface area contributed by atoms with Crippen molar-refractivity contribution in [2.45, 2.75) is 24.0 Å². The number of ether oxygens (including phenoxy) is 2. The van der Waals surface area contributed by atoms with E-state index in [4.69, 9.17) is 21.1 Å². The molecule has 0 aromatic heterocycles. The molecule has 0 radical (unpaired) electrons. The van der Waals surface area contributed by atoms with Crippen LogP contribution in [0.2, 0.25) is 5.02 Å². The molecule has 27 heavy (non-hydrogen) atoms. The van der Waals surface area contributed by atoms with E-state index < -0.39 is 10.0 Å². The summed E-state index contributed by atoms with van der Waals surface area (Å²) in [6, 6.07) is 14.7. The maximum Gasteiger partial charge on any atom is 0.215 e. The Labute approximate surface area is 165 Å². The van der Waals surface area contributed by atoms with E-state index >= 15 is 0 Å². The van der Waals surface area contributed by atoms with Gasteiger partial charge in [0, 0.05) is 30.2 Å². The highest BCUT2D eigenvalue weighted by molar-refractivity contribution is 7.88. The summed E-state index contributed by atoms with van der Waals surface area (Å²) in [6.45, 7) is 1.58. The number of benzene rings is 2. The van der Waals surface area contributed by atoms with Crippen molar-refractivity contribution in [3.8, 4) is 5.75 Å². The van der Waals surface area contributed by atoms with E-state index in [1.165, 1.54) is 0 Å². The maximum atomic E-state index is 12.6. The first-order valence-corrected chi connectivity index (χ1v) is 10.9. The third kappa shape index (κ3) is 5.23. The lowest BCUT2D eigenvalue weighted by molar-refractivity contribution is 0.0517. The molecule has 1 N–H and O–H groups in total. The monoisotopic (exact) mass is 409 g/mol. The summed E-state index contributed by atoms with van der Waals surface area (Å²) in [5.74, 6) is 0.712. The SMILES string of the molecule is COc1ccc(C2(CNS(=O)(=O)Cc3ccc(Cl)cc3)CCOCC2)cc1. The van der Waals surface area contributed by atoms with Gasteiger partial charge >= 0.3 is 0 Å². The van der Waals surface area contributed by atoms with Crippen molar-refractivity contribution < 1.29 is 17.9 Å². The Hall–Kier alpha value is -1.60. The van der Waals surface area contributed by atoms with E-state index in [9.17, 15) is 8.42 Å². The molecule has 0 atom stereocenters. The van der Waals surface area contributed by atoms with Crippen molar-refractivity contribution in [1.29, 1.82) is 0 Å². The fourth-order valence-corrected chi connectivity index (χ4v) is 4.73. The van der Waals surface area contributed by atoms with Crippen LogP contribution in [0.5, 0.6) is 5.75 Å². The maximum absolute atomic E-state index is 12.6. The number of hydrogen-bond acceptors (Lipinski definition) is 4. The standard InChI is InChI=1S/C20H24ClNO4S/c1-25-19-8-4-17(5-9-19)20(10-12-26-13-11-20)15-22-27(23,24)14-16-2-6-18(21)7-3-16/h2-9,22H,10-15H2,1H3. The second-order valence-corrected chi connectivity index (χ2v) is 9.07. The van der Waals surface area contributed by atoms with Crippen LogP contribution in [0.1, 0.15) is 24.0 Å². The summed E-state index contributed by atoms with van der Waals surface area (Å²) in [6.07, 6.45) is 1.53. The van der Waals surface area contributed by atoms with Gasteiger partial charge in [-0.2, -0.15) is 0 Å². The molecule has 1 heterocycles. The van der Waals surface area contributed by atoms with Crippen molar-refractivity contribution in [1.82, 2.24) is 4.72 Å². The Morgan fingerprint density at radius 1 is 1.07 bits per heavy atom. The zero-order chi connectivity index (χ0) is 19.3. The fourth-order valence-electron chi connectivity index (χ4n) is 3.37. The van der Waals surface area contributed by atoms with Crippen LogP contribution in [-0.2, 0) is 25.9 Å². The molecule has 7 heteroatoms. The van der Waals surface area contributed by atoms with E-state index in [0.29, 0.717) is 30.3 Å². The quantitative estimate of drug-likeness (QED) is 0.759. The van der Waals surface area contributed by atoms with Gasteiger partial charge in [0.2, 0.25) is 10.0 Å². The lowest BCUT2D eigenvalue weighted by atomic mass is 9.74. The molecule has 5 nitrogen and oxygen atoms in total. The minimum atomic E-state index is -3.46. The molecule has 1 aliphatic heterocycles. The van der Waals surface area contributed by atoms with Crippen LogP contribution in [0.3, 0.4) is 0 Å². The topological polar surface area (TPSA) is 64.6 Å². The van der Waals surface area contributed by atoms with Gasteiger partial charge < -0.3 is 9.47 Å². The number of nitrogens with one attached hydrogen (secondary N) is 1. The summed E-state index contributed by atoms with van der Waals surface area (Å²) in [4.78, 5) is 0. The Balaban J connectivity index is 1.75. The number of hydrogen-bond donors (Lipinski definition) is 1. The van der Waals surface area contributed by atoms with Gasteiger partial charge in [0.15, 0.2) is 0 Å². The molecule has 1 fully saturated rings. The number of sulfonamides is 1. The molecule has 1 saturated heterocycles. The molecule has 0 aliphatic carbocycles. The lowest BCUT2D eigenvalue weighted by Gasteiger charge is -2.38. The molecule has 0 bridgehead atoms. The fraction of sp³-hybridized carbons (Fsp3) is 0.400. The van der Waals surface area contributed by atoms with Crippen molar-refractivity contribution in [3.63, 3.8) is 0 Å². The Kier molecular flexibility index (Phi) is 6.42. The number of halogens is 1. The molecule has 146 valence electrons. The van der Waals surface area contributed by atoms with Crippen molar-refractivity contribution >= 4 is 21.6 Å². The Morgan fingerprint density at radius 2 is 1.70 bits per heavy atom. The highest BCUT2D eigenvalue weighted by Crippen LogP contribution is 2.35. The van der Waals surface area contributed by atoms with Crippen LogP contribution < -0.4 is 9.46 Å². The molecular formula is C20H24ClNO4S. The first kappa shape index (κ1) is 20.1. The summed E-state index contributed by atoms with van der Waals surface area (Å²) >= 11 is 5.87. The molecule has 0 amide bonds. The van der Waals surface area contributed by atoms with Crippen molar-refractivity contribution in [2.24, 2.45) is 0 Å². The van der Waals surface area contributed by atoms with Crippen LogP contribution in [-0.4, -0.2) is 35.3 Å². The van der Waals surface area contributed by atoms with E-state index in [1.54, 1.807) is 31.4 Å². The van der Waals surface area contributed by atoms with Gasteiger partial charge in [0.25, 0.3) is 0 Å². The number of methoxy groups -OCH3 is 1. The van der Waals surface area contributed by atoms with E-state index in [2.05, 4.69) is 4.72 Å².